The summed E-state index contributed by atoms with van der Waals surface area (Å²) in [5.41, 5.74) is 7.56. The lowest BCUT2D eigenvalue weighted by atomic mass is 10.0. The van der Waals surface area contributed by atoms with Crippen LogP contribution in [0.15, 0.2) is 18.2 Å². The highest BCUT2D eigenvalue weighted by molar-refractivity contribution is 5.94. The molecule has 0 saturated heterocycles. The van der Waals surface area contributed by atoms with Gasteiger partial charge in [-0.1, -0.05) is 17.9 Å². The van der Waals surface area contributed by atoms with Gasteiger partial charge in [0, 0.05) is 24.2 Å². The molecule has 0 aliphatic heterocycles. The Kier molecular flexibility index (Phi) is 6.74. The Morgan fingerprint density at radius 1 is 1.30 bits per heavy atom. The van der Waals surface area contributed by atoms with E-state index >= 15 is 0 Å². The Morgan fingerprint density at radius 3 is 2.50 bits per heavy atom. The zero-order valence-corrected chi connectivity index (χ0v) is 11.6. The van der Waals surface area contributed by atoms with Crippen molar-refractivity contribution in [3.05, 3.63) is 34.9 Å². The van der Waals surface area contributed by atoms with Gasteiger partial charge in [-0.05, 0) is 24.6 Å². The van der Waals surface area contributed by atoms with Crippen molar-refractivity contribution in [3.8, 4) is 11.8 Å². The standard InChI is InChI=1S/C15H20N2O3/c1-12-4-5-14(11-13(12)3-2-6-16)15(20)17(7-9-18)8-10-19/h4-5,11,18-19H,6-10,16H2,1H3. The highest BCUT2D eigenvalue weighted by Crippen LogP contribution is 2.12. The Hall–Kier alpha value is -1.87. The van der Waals surface area contributed by atoms with E-state index in [1.807, 2.05) is 13.0 Å². The molecule has 5 nitrogen and oxygen atoms in total. The van der Waals surface area contributed by atoms with Gasteiger partial charge in [0.2, 0.25) is 0 Å². The minimum absolute atomic E-state index is 0.141. The largest absolute Gasteiger partial charge is 0.395 e. The van der Waals surface area contributed by atoms with Crippen LogP contribution in [0.25, 0.3) is 0 Å². The Bertz CT molecular complexity index is 512. The first-order chi connectivity index (χ1) is 9.63. The van der Waals surface area contributed by atoms with Crippen molar-refractivity contribution in [2.45, 2.75) is 6.92 Å². The second-order valence-corrected chi connectivity index (χ2v) is 4.28. The van der Waals surface area contributed by atoms with Gasteiger partial charge in [-0.25, -0.2) is 0 Å². The number of aliphatic hydroxyl groups is 2. The topological polar surface area (TPSA) is 86.8 Å². The summed E-state index contributed by atoms with van der Waals surface area (Å²) in [5.74, 6) is 5.46. The maximum atomic E-state index is 12.3. The molecule has 0 radical (unpaired) electrons. The lowest BCUT2D eigenvalue weighted by molar-refractivity contribution is 0.0685. The summed E-state index contributed by atoms with van der Waals surface area (Å²) >= 11 is 0. The molecule has 0 spiro atoms. The summed E-state index contributed by atoms with van der Waals surface area (Å²) < 4.78 is 0. The zero-order valence-electron chi connectivity index (χ0n) is 11.6. The molecular weight excluding hydrogens is 256 g/mol. The molecule has 0 unspecified atom stereocenters. The minimum Gasteiger partial charge on any atom is -0.395 e. The van der Waals surface area contributed by atoms with Crippen molar-refractivity contribution in [2.24, 2.45) is 5.73 Å². The van der Waals surface area contributed by atoms with E-state index in [1.54, 1.807) is 12.1 Å². The molecule has 0 fully saturated rings. The van der Waals surface area contributed by atoms with E-state index in [0.29, 0.717) is 5.56 Å². The predicted molar refractivity (Wildman–Crippen MR) is 77.2 cm³/mol. The number of hydrogen-bond acceptors (Lipinski definition) is 4. The van der Waals surface area contributed by atoms with Crippen molar-refractivity contribution in [3.63, 3.8) is 0 Å². The van der Waals surface area contributed by atoms with E-state index < -0.39 is 0 Å². The molecule has 108 valence electrons. The molecular formula is C15H20N2O3. The number of aryl methyl sites for hydroxylation is 1. The smallest absolute Gasteiger partial charge is 0.254 e. The molecule has 1 aromatic rings. The first-order valence-electron chi connectivity index (χ1n) is 6.44. The number of hydrogen-bond donors (Lipinski definition) is 3. The summed E-state index contributed by atoms with van der Waals surface area (Å²) in [6, 6.07) is 5.25. The fourth-order valence-electron chi connectivity index (χ4n) is 1.77. The second kappa shape index (κ2) is 8.33. The molecule has 0 aliphatic rings. The number of rotatable bonds is 5. The average molecular weight is 276 g/mol. The van der Waals surface area contributed by atoms with Crippen molar-refractivity contribution < 1.29 is 15.0 Å². The molecule has 1 rings (SSSR count). The first kappa shape index (κ1) is 16.2. The van der Waals surface area contributed by atoms with Gasteiger partial charge in [0.1, 0.15) is 0 Å². The van der Waals surface area contributed by atoms with Gasteiger partial charge in [0.25, 0.3) is 5.91 Å². The van der Waals surface area contributed by atoms with Gasteiger partial charge in [0.15, 0.2) is 0 Å². The van der Waals surface area contributed by atoms with Crippen LogP contribution in [-0.2, 0) is 0 Å². The number of benzene rings is 1. The first-order valence-corrected chi connectivity index (χ1v) is 6.44. The van der Waals surface area contributed by atoms with Gasteiger partial charge in [0.05, 0.1) is 19.8 Å². The van der Waals surface area contributed by atoms with E-state index in [1.165, 1.54) is 4.90 Å². The van der Waals surface area contributed by atoms with Crippen molar-refractivity contribution >= 4 is 5.91 Å². The van der Waals surface area contributed by atoms with Crippen molar-refractivity contribution in [1.82, 2.24) is 4.90 Å². The average Bonchev–Trinajstić information content (AvgIpc) is 2.45. The van der Waals surface area contributed by atoms with Gasteiger partial charge >= 0.3 is 0 Å². The van der Waals surface area contributed by atoms with Crippen LogP contribution in [0.5, 0.6) is 0 Å². The minimum atomic E-state index is -0.233. The summed E-state index contributed by atoms with van der Waals surface area (Å²) in [7, 11) is 0. The Balaban J connectivity index is 3.02. The third-order valence-electron chi connectivity index (χ3n) is 2.84. The van der Waals surface area contributed by atoms with Crippen molar-refractivity contribution in [1.29, 1.82) is 0 Å². The number of nitrogens with zero attached hydrogens (tertiary/aromatic N) is 1. The number of nitrogens with two attached hydrogens (primary N) is 1. The SMILES string of the molecule is Cc1ccc(C(=O)N(CCO)CCO)cc1C#CCN. The molecule has 1 amide bonds. The number of amides is 1. The van der Waals surface area contributed by atoms with E-state index in [0.717, 1.165) is 11.1 Å². The van der Waals surface area contributed by atoms with Crippen LogP contribution >= 0.6 is 0 Å². The van der Waals surface area contributed by atoms with E-state index in [-0.39, 0.29) is 38.8 Å². The van der Waals surface area contributed by atoms with Crippen LogP contribution in [-0.4, -0.2) is 53.9 Å². The van der Waals surface area contributed by atoms with E-state index in [2.05, 4.69) is 11.8 Å². The molecule has 0 bridgehead atoms. The quantitative estimate of drug-likeness (QED) is 0.646. The fourth-order valence-corrected chi connectivity index (χ4v) is 1.77. The number of carbonyl (C=O) groups is 1. The molecule has 5 heteroatoms. The molecule has 4 N–H and O–H groups in total. The molecule has 0 saturated carbocycles. The highest BCUT2D eigenvalue weighted by atomic mass is 16.3. The van der Waals surface area contributed by atoms with Crippen LogP contribution in [0.3, 0.4) is 0 Å². The van der Waals surface area contributed by atoms with Crippen LogP contribution in [0.1, 0.15) is 21.5 Å². The molecule has 0 aliphatic carbocycles. The molecule has 0 heterocycles. The third-order valence-corrected chi connectivity index (χ3v) is 2.84. The van der Waals surface area contributed by atoms with Crippen LogP contribution < -0.4 is 5.73 Å². The molecule has 0 aromatic heterocycles. The van der Waals surface area contributed by atoms with Gasteiger partial charge in [-0.15, -0.1) is 0 Å². The van der Waals surface area contributed by atoms with E-state index in [4.69, 9.17) is 15.9 Å². The summed E-state index contributed by atoms with van der Waals surface area (Å²) in [6.07, 6.45) is 0. The van der Waals surface area contributed by atoms with Crippen molar-refractivity contribution in [2.75, 3.05) is 32.8 Å². The molecule has 20 heavy (non-hydrogen) atoms. The maximum Gasteiger partial charge on any atom is 0.254 e. The summed E-state index contributed by atoms with van der Waals surface area (Å²) in [5, 5.41) is 17.9. The highest BCUT2D eigenvalue weighted by Gasteiger charge is 2.15. The number of aliphatic hydroxyl groups excluding tert-OH is 2. The lowest BCUT2D eigenvalue weighted by Crippen LogP contribution is -2.35. The van der Waals surface area contributed by atoms with Gasteiger partial charge < -0.3 is 20.8 Å². The molecule has 1 aromatic carbocycles. The van der Waals surface area contributed by atoms with Gasteiger partial charge in [-0.2, -0.15) is 0 Å². The fraction of sp³-hybridized carbons (Fsp3) is 0.400. The third kappa shape index (κ3) is 4.35. The molecule has 0 atom stereocenters. The Labute approximate surface area is 119 Å². The van der Waals surface area contributed by atoms with Gasteiger partial charge in [-0.3, -0.25) is 4.79 Å². The zero-order chi connectivity index (χ0) is 15.0. The second-order valence-electron chi connectivity index (χ2n) is 4.28. The summed E-state index contributed by atoms with van der Waals surface area (Å²) in [4.78, 5) is 13.7. The van der Waals surface area contributed by atoms with Crippen LogP contribution in [0, 0.1) is 18.8 Å². The normalized spacial score (nSPS) is 9.80. The summed E-state index contributed by atoms with van der Waals surface area (Å²) in [6.45, 7) is 2.27. The predicted octanol–water partition coefficient (Wildman–Crippen LogP) is -0.268. The van der Waals surface area contributed by atoms with Crippen LogP contribution in [0.2, 0.25) is 0 Å². The monoisotopic (exact) mass is 276 g/mol. The number of carbonyl (C=O) groups excluding carboxylic acids is 1. The maximum absolute atomic E-state index is 12.3. The Morgan fingerprint density at radius 2 is 1.95 bits per heavy atom. The van der Waals surface area contributed by atoms with E-state index in [9.17, 15) is 4.79 Å². The lowest BCUT2D eigenvalue weighted by Gasteiger charge is -2.21. The van der Waals surface area contributed by atoms with Crippen LogP contribution in [0.4, 0.5) is 0 Å².